The molecule has 0 aromatic carbocycles. The van der Waals surface area contributed by atoms with Crippen molar-refractivity contribution in [2.75, 3.05) is 0 Å². The van der Waals surface area contributed by atoms with Crippen LogP contribution in [0.2, 0.25) is 0 Å². The normalized spacial score (nSPS) is 23.1. The molecule has 1 aliphatic carbocycles. The third-order valence-electron chi connectivity index (χ3n) is 3.28. The minimum absolute atomic E-state index is 0.0859. The van der Waals surface area contributed by atoms with Crippen LogP contribution in [0.25, 0.3) is 0 Å². The molecule has 0 atom stereocenters. The maximum Gasteiger partial charge on any atom is 0.306 e. The van der Waals surface area contributed by atoms with Gasteiger partial charge in [-0.1, -0.05) is 0 Å². The van der Waals surface area contributed by atoms with Gasteiger partial charge in [0.15, 0.2) is 0 Å². The molecule has 2 rings (SSSR count). The van der Waals surface area contributed by atoms with Crippen molar-refractivity contribution in [1.82, 2.24) is 5.32 Å². The van der Waals surface area contributed by atoms with Gasteiger partial charge in [0, 0.05) is 10.5 Å². The molecule has 1 aromatic rings. The molecule has 1 aliphatic rings. The van der Waals surface area contributed by atoms with Gasteiger partial charge in [0.05, 0.1) is 14.6 Å². The van der Waals surface area contributed by atoms with Gasteiger partial charge >= 0.3 is 5.97 Å². The van der Waals surface area contributed by atoms with Gasteiger partial charge in [-0.25, -0.2) is 0 Å². The second-order valence-corrected chi connectivity index (χ2v) is 7.82. The number of rotatable bonds is 3. The van der Waals surface area contributed by atoms with Crippen LogP contribution in [0.1, 0.15) is 35.4 Å². The lowest BCUT2D eigenvalue weighted by atomic mass is 9.86. The Morgan fingerprint density at radius 1 is 1.26 bits per heavy atom. The highest BCUT2D eigenvalue weighted by molar-refractivity contribution is 9.13. The Kier molecular flexibility index (Phi) is 5.03. The largest absolute Gasteiger partial charge is 0.481 e. The number of aliphatic carboxylic acids is 1. The van der Waals surface area contributed by atoms with E-state index in [0.29, 0.717) is 17.7 Å². The molecule has 0 saturated heterocycles. The Bertz CT molecular complexity index is 476. The van der Waals surface area contributed by atoms with E-state index >= 15 is 0 Å². The molecule has 0 unspecified atom stereocenters. The predicted octanol–water partition coefficient (Wildman–Crippen LogP) is 3.65. The Labute approximate surface area is 131 Å². The van der Waals surface area contributed by atoms with E-state index in [1.54, 1.807) is 6.07 Å². The van der Waals surface area contributed by atoms with Crippen LogP contribution in [0, 0.1) is 5.92 Å². The lowest BCUT2D eigenvalue weighted by molar-refractivity contribution is -0.142. The lowest BCUT2D eigenvalue weighted by Gasteiger charge is -2.26. The number of carboxylic acid groups (broad SMARTS) is 1. The Morgan fingerprint density at radius 2 is 1.89 bits per heavy atom. The minimum atomic E-state index is -0.726. The van der Waals surface area contributed by atoms with E-state index < -0.39 is 5.97 Å². The molecule has 4 nitrogen and oxygen atoms in total. The van der Waals surface area contributed by atoms with E-state index in [0.717, 1.165) is 21.1 Å². The van der Waals surface area contributed by atoms with Crippen LogP contribution in [0.15, 0.2) is 14.3 Å². The second-order valence-electron chi connectivity index (χ2n) is 4.59. The summed E-state index contributed by atoms with van der Waals surface area (Å²) >= 11 is 8.09. The number of carbonyl (C=O) groups excluding carboxylic acids is 1. The maximum absolute atomic E-state index is 12.0. The van der Waals surface area contributed by atoms with Gasteiger partial charge < -0.3 is 10.4 Å². The smallest absolute Gasteiger partial charge is 0.306 e. The van der Waals surface area contributed by atoms with Crippen LogP contribution in [0.3, 0.4) is 0 Å². The summed E-state index contributed by atoms with van der Waals surface area (Å²) in [5.41, 5.74) is 0. The van der Waals surface area contributed by atoms with Gasteiger partial charge in [0.2, 0.25) is 0 Å². The van der Waals surface area contributed by atoms with Crippen molar-refractivity contribution < 1.29 is 14.7 Å². The number of carboxylic acids is 1. The third kappa shape index (κ3) is 3.79. The first-order valence-electron chi connectivity index (χ1n) is 5.96. The van der Waals surface area contributed by atoms with E-state index in [-0.39, 0.29) is 17.9 Å². The zero-order valence-electron chi connectivity index (χ0n) is 9.99. The maximum atomic E-state index is 12.0. The highest BCUT2D eigenvalue weighted by atomic mass is 79.9. The molecule has 104 valence electrons. The summed E-state index contributed by atoms with van der Waals surface area (Å²) in [5, 5.41) is 11.9. The van der Waals surface area contributed by atoms with E-state index in [1.807, 2.05) is 0 Å². The summed E-state index contributed by atoms with van der Waals surface area (Å²) < 4.78 is 1.77. The fourth-order valence-electron chi connectivity index (χ4n) is 2.20. The van der Waals surface area contributed by atoms with Crippen LogP contribution in [0.5, 0.6) is 0 Å². The number of hydrogen-bond donors (Lipinski definition) is 2. The lowest BCUT2D eigenvalue weighted by Crippen LogP contribution is -2.38. The second kappa shape index (κ2) is 6.37. The zero-order chi connectivity index (χ0) is 14.0. The number of thiophene rings is 1. The summed E-state index contributed by atoms with van der Waals surface area (Å²) in [6, 6.07) is 1.87. The molecule has 2 N–H and O–H groups in total. The molecule has 7 heteroatoms. The van der Waals surface area contributed by atoms with Crippen LogP contribution in [-0.4, -0.2) is 23.0 Å². The quantitative estimate of drug-likeness (QED) is 0.799. The zero-order valence-corrected chi connectivity index (χ0v) is 14.0. The molecule has 0 radical (unpaired) electrons. The van der Waals surface area contributed by atoms with Crippen LogP contribution >= 0.6 is 43.2 Å². The van der Waals surface area contributed by atoms with Gasteiger partial charge in [-0.3, -0.25) is 9.59 Å². The van der Waals surface area contributed by atoms with Crippen molar-refractivity contribution in [3.05, 3.63) is 19.2 Å². The van der Waals surface area contributed by atoms with E-state index in [4.69, 9.17) is 5.11 Å². The van der Waals surface area contributed by atoms with Crippen molar-refractivity contribution in [1.29, 1.82) is 0 Å². The topological polar surface area (TPSA) is 66.4 Å². The molecule has 1 heterocycles. The first kappa shape index (κ1) is 15.0. The van der Waals surface area contributed by atoms with Crippen LogP contribution in [-0.2, 0) is 4.79 Å². The summed E-state index contributed by atoms with van der Waals surface area (Å²) in [4.78, 5) is 23.5. The fraction of sp³-hybridized carbons (Fsp3) is 0.500. The molecule has 1 aromatic heterocycles. The molecule has 0 bridgehead atoms. The van der Waals surface area contributed by atoms with Crippen molar-refractivity contribution in [3.63, 3.8) is 0 Å². The standard InChI is InChI=1S/C12H13Br2NO3S/c13-8-5-9(19-10(8)14)11(16)15-7-3-1-6(2-4-7)12(17)18/h5-7H,1-4H2,(H,15,16)(H,17,18). The van der Waals surface area contributed by atoms with Crippen LogP contribution in [0.4, 0.5) is 0 Å². The first-order valence-corrected chi connectivity index (χ1v) is 8.36. The Balaban J connectivity index is 1.89. The molecular formula is C12H13Br2NO3S. The number of hydrogen-bond acceptors (Lipinski definition) is 3. The molecule has 19 heavy (non-hydrogen) atoms. The van der Waals surface area contributed by atoms with Gasteiger partial charge in [-0.2, -0.15) is 0 Å². The third-order valence-corrected chi connectivity index (χ3v) is 6.54. The summed E-state index contributed by atoms with van der Waals surface area (Å²) in [5.74, 6) is -1.07. The number of amides is 1. The SMILES string of the molecule is O=C(NC1CCC(C(=O)O)CC1)c1cc(Br)c(Br)s1. The molecule has 0 aliphatic heterocycles. The first-order chi connectivity index (χ1) is 8.97. The Hall–Kier alpha value is -0.400. The highest BCUT2D eigenvalue weighted by Gasteiger charge is 2.27. The predicted molar refractivity (Wildman–Crippen MR) is 80.6 cm³/mol. The highest BCUT2D eigenvalue weighted by Crippen LogP contribution is 2.32. The van der Waals surface area contributed by atoms with Gasteiger partial charge in [-0.05, 0) is 63.6 Å². The molecule has 1 fully saturated rings. The van der Waals surface area contributed by atoms with Gasteiger partial charge in [-0.15, -0.1) is 11.3 Å². The molecule has 1 saturated carbocycles. The van der Waals surface area contributed by atoms with Crippen molar-refractivity contribution >= 4 is 55.1 Å². The van der Waals surface area contributed by atoms with Gasteiger partial charge in [0.1, 0.15) is 0 Å². The van der Waals surface area contributed by atoms with Crippen molar-refractivity contribution in [3.8, 4) is 0 Å². The average molecular weight is 411 g/mol. The molecular weight excluding hydrogens is 398 g/mol. The van der Waals surface area contributed by atoms with E-state index in [9.17, 15) is 9.59 Å². The Morgan fingerprint density at radius 3 is 2.37 bits per heavy atom. The van der Waals surface area contributed by atoms with E-state index in [2.05, 4.69) is 37.2 Å². The van der Waals surface area contributed by atoms with E-state index in [1.165, 1.54) is 11.3 Å². The monoisotopic (exact) mass is 409 g/mol. The number of halogens is 2. The number of carbonyl (C=O) groups is 2. The van der Waals surface area contributed by atoms with Crippen LogP contribution < -0.4 is 5.32 Å². The summed E-state index contributed by atoms with van der Waals surface area (Å²) in [6.45, 7) is 0. The fourth-order valence-corrected chi connectivity index (χ4v) is 4.14. The molecule has 1 amide bonds. The van der Waals surface area contributed by atoms with Crippen molar-refractivity contribution in [2.24, 2.45) is 5.92 Å². The molecule has 0 spiro atoms. The van der Waals surface area contributed by atoms with Crippen molar-refractivity contribution in [2.45, 2.75) is 31.7 Å². The average Bonchev–Trinajstić information content (AvgIpc) is 2.70. The minimum Gasteiger partial charge on any atom is -0.481 e. The summed E-state index contributed by atoms with van der Waals surface area (Å²) in [7, 11) is 0. The summed E-state index contributed by atoms with van der Waals surface area (Å²) in [6.07, 6.45) is 2.74. The number of nitrogens with one attached hydrogen (secondary N) is 1. The van der Waals surface area contributed by atoms with Gasteiger partial charge in [0.25, 0.3) is 5.91 Å².